The molecule has 0 saturated heterocycles. The summed E-state index contributed by atoms with van der Waals surface area (Å²) in [6.45, 7) is 0. The van der Waals surface area contributed by atoms with Crippen LogP contribution in [0.4, 0.5) is 17.7 Å². The van der Waals surface area contributed by atoms with Crippen molar-refractivity contribution in [2.75, 3.05) is 0 Å². The lowest BCUT2D eigenvalue weighted by molar-refractivity contribution is -0.138. The Morgan fingerprint density at radius 2 is 2.05 bits per heavy atom. The molecule has 19 heavy (non-hydrogen) atoms. The Morgan fingerprint density at radius 1 is 1.32 bits per heavy atom. The predicted molar refractivity (Wildman–Crippen MR) is 51.3 cm³/mol. The van der Waals surface area contributed by atoms with Crippen molar-refractivity contribution in [2.45, 2.75) is 6.18 Å². The van der Waals surface area contributed by atoms with Crippen LogP contribution in [-0.4, -0.2) is 16.1 Å². The molecule has 0 bridgehead atoms. The van der Waals surface area contributed by atoms with Crippen LogP contribution < -0.4 is 0 Å². The zero-order valence-electron chi connectivity index (χ0n) is 8.94. The number of alkyl halides is 3. The first-order valence-electron chi connectivity index (χ1n) is 4.76. The van der Waals surface area contributed by atoms with E-state index in [1.54, 1.807) is 0 Å². The summed E-state index contributed by atoms with van der Waals surface area (Å²) in [7, 11) is 0. The van der Waals surface area contributed by atoms with Crippen molar-refractivity contribution in [2.24, 2.45) is 0 Å². The lowest BCUT2D eigenvalue weighted by Gasteiger charge is -2.06. The molecule has 0 radical (unpaired) electrons. The Kier molecular flexibility index (Phi) is 3.19. The fourth-order valence-electron chi connectivity index (χ4n) is 1.40. The summed E-state index contributed by atoms with van der Waals surface area (Å²) >= 11 is 0. The van der Waals surface area contributed by atoms with E-state index in [2.05, 4.69) is 19.6 Å². The molecule has 0 unspecified atom stereocenters. The van der Waals surface area contributed by atoms with Gasteiger partial charge in [0.2, 0.25) is 5.69 Å². The van der Waals surface area contributed by atoms with Crippen LogP contribution in [0.25, 0.3) is 11.5 Å². The molecule has 2 aromatic rings. The van der Waals surface area contributed by atoms with Crippen LogP contribution in [0.3, 0.4) is 0 Å². The second-order valence-corrected chi connectivity index (χ2v) is 3.31. The molecule has 100 valence electrons. The second-order valence-electron chi connectivity index (χ2n) is 3.31. The van der Waals surface area contributed by atoms with Crippen molar-refractivity contribution in [3.63, 3.8) is 0 Å². The summed E-state index contributed by atoms with van der Waals surface area (Å²) < 4.78 is 54.8. The number of rotatable bonds is 2. The predicted octanol–water partition coefficient (Wildman–Crippen LogP) is 2.80. The topological polar surface area (TPSA) is 65.2 Å². The van der Waals surface area contributed by atoms with Crippen molar-refractivity contribution >= 4 is 5.97 Å². The molecule has 9 heteroatoms. The van der Waals surface area contributed by atoms with E-state index in [4.69, 9.17) is 0 Å². The zero-order valence-corrected chi connectivity index (χ0v) is 8.94. The first kappa shape index (κ1) is 13.0. The van der Waals surface area contributed by atoms with Gasteiger partial charge in [-0.15, -0.1) is 0 Å². The van der Waals surface area contributed by atoms with Crippen molar-refractivity contribution < 1.29 is 32.0 Å². The minimum atomic E-state index is -4.98. The van der Waals surface area contributed by atoms with E-state index in [1.165, 1.54) is 24.4 Å². The number of carbonyl (C=O) groups excluding carboxylic acids is 1. The Hall–Kier alpha value is -2.45. The molecule has 0 spiro atoms. The fourth-order valence-corrected chi connectivity index (χ4v) is 1.40. The van der Waals surface area contributed by atoms with Gasteiger partial charge in [-0.05, 0) is 12.1 Å². The summed E-state index contributed by atoms with van der Waals surface area (Å²) in [6.07, 6.45) is -3.75. The number of aromatic nitrogens is 2. The van der Waals surface area contributed by atoms with Gasteiger partial charge >= 0.3 is 12.1 Å². The lowest BCUT2D eigenvalue weighted by Crippen LogP contribution is -2.13. The highest BCUT2D eigenvalue weighted by Crippen LogP contribution is 2.39. The number of hydrogen-bond acceptors (Lipinski definition) is 5. The van der Waals surface area contributed by atoms with Crippen LogP contribution in [0.1, 0.15) is 16.1 Å². The fraction of sp³-hybridized carbons (Fsp3) is 0.100. The van der Waals surface area contributed by atoms with Gasteiger partial charge in [0, 0.05) is 10.7 Å². The van der Waals surface area contributed by atoms with Crippen molar-refractivity contribution in [1.29, 1.82) is 0 Å². The van der Waals surface area contributed by atoms with Gasteiger partial charge in [-0.1, -0.05) is 11.2 Å². The third-order valence-electron chi connectivity index (χ3n) is 2.14. The molecule has 0 N–H and O–H groups in total. The molecular formula is C10H4F4N2O3. The minimum absolute atomic E-state index is 0.194. The summed E-state index contributed by atoms with van der Waals surface area (Å²) in [5.74, 6) is -2.67. The molecule has 2 rings (SSSR count). The average Bonchev–Trinajstić information content (AvgIpc) is 2.83. The number of carbonyl (C=O) groups is 1. The second kappa shape index (κ2) is 4.67. The molecule has 0 aliphatic carbocycles. The molecule has 5 nitrogen and oxygen atoms in total. The van der Waals surface area contributed by atoms with E-state index in [9.17, 15) is 22.5 Å². The highest BCUT2D eigenvalue weighted by atomic mass is 19.4. The molecule has 2 aromatic heterocycles. The van der Waals surface area contributed by atoms with Crippen LogP contribution >= 0.6 is 0 Å². The Bertz CT molecular complexity index is 595. The maximum atomic E-state index is 12.9. The number of pyridine rings is 1. The lowest BCUT2D eigenvalue weighted by atomic mass is 10.1. The monoisotopic (exact) mass is 276 g/mol. The van der Waals surface area contributed by atoms with Gasteiger partial charge in [-0.3, -0.25) is 4.98 Å². The van der Waals surface area contributed by atoms with E-state index >= 15 is 0 Å². The molecule has 2 heterocycles. The van der Waals surface area contributed by atoms with Gasteiger partial charge < -0.3 is 4.52 Å². The van der Waals surface area contributed by atoms with Gasteiger partial charge in [-0.2, -0.15) is 13.2 Å². The molecule has 0 aliphatic rings. The van der Waals surface area contributed by atoms with Crippen LogP contribution in [0.5, 0.6) is 0 Å². The standard InChI is InChI=1S/C10H4F4N2O3/c11-10(12,13)6-7(9(17)18-14)16-19-8(6)5-3-1-2-4-15-5/h1-4H. The largest absolute Gasteiger partial charge is 0.422 e. The SMILES string of the molecule is O=C(OF)c1noc(-c2ccccn2)c1C(F)(F)F. The highest BCUT2D eigenvalue weighted by molar-refractivity contribution is 5.90. The maximum Gasteiger partial charge on any atom is 0.422 e. The Labute approximate surface area is 102 Å². The van der Waals surface area contributed by atoms with Crippen molar-refractivity contribution in [1.82, 2.24) is 10.1 Å². The van der Waals surface area contributed by atoms with Gasteiger partial charge in [0.05, 0.1) is 0 Å². The van der Waals surface area contributed by atoms with Crippen LogP contribution in [-0.2, 0) is 11.1 Å². The first-order chi connectivity index (χ1) is 8.95. The van der Waals surface area contributed by atoms with Gasteiger partial charge in [0.25, 0.3) is 0 Å². The highest BCUT2D eigenvalue weighted by Gasteiger charge is 2.44. The van der Waals surface area contributed by atoms with Crippen LogP contribution in [0.2, 0.25) is 0 Å². The third kappa shape index (κ3) is 2.39. The van der Waals surface area contributed by atoms with E-state index < -0.39 is 29.2 Å². The van der Waals surface area contributed by atoms with E-state index in [0.29, 0.717) is 0 Å². The van der Waals surface area contributed by atoms with Crippen LogP contribution in [0, 0.1) is 0 Å². The van der Waals surface area contributed by atoms with Crippen molar-refractivity contribution in [3.05, 3.63) is 35.7 Å². The Morgan fingerprint density at radius 3 is 2.58 bits per heavy atom. The summed E-state index contributed by atoms with van der Waals surface area (Å²) in [4.78, 5) is 17.3. The third-order valence-corrected chi connectivity index (χ3v) is 2.14. The minimum Gasteiger partial charge on any atom is -0.353 e. The molecule has 0 amide bonds. The molecule has 0 aromatic carbocycles. The normalized spacial score (nSPS) is 11.4. The Balaban J connectivity index is 2.64. The van der Waals surface area contributed by atoms with Crippen LogP contribution in [0.15, 0.2) is 28.9 Å². The summed E-state index contributed by atoms with van der Waals surface area (Å²) in [6, 6.07) is 4.11. The van der Waals surface area contributed by atoms with Crippen molar-refractivity contribution in [3.8, 4) is 11.5 Å². The number of halogens is 4. The molecule has 0 atom stereocenters. The number of nitrogens with zero attached hydrogens (tertiary/aromatic N) is 2. The van der Waals surface area contributed by atoms with E-state index in [0.717, 1.165) is 0 Å². The molecule has 0 fully saturated rings. The quantitative estimate of drug-likeness (QED) is 0.789. The van der Waals surface area contributed by atoms with E-state index in [-0.39, 0.29) is 5.69 Å². The average molecular weight is 276 g/mol. The summed E-state index contributed by atoms with van der Waals surface area (Å²) in [5.41, 5.74) is -3.02. The maximum absolute atomic E-state index is 12.9. The number of hydrogen-bond donors (Lipinski definition) is 0. The summed E-state index contributed by atoms with van der Waals surface area (Å²) in [5, 5.41) is 2.88. The van der Waals surface area contributed by atoms with E-state index in [1.807, 2.05) is 0 Å². The smallest absolute Gasteiger partial charge is 0.353 e. The zero-order chi connectivity index (χ0) is 14.0. The molecule has 0 aliphatic heterocycles. The van der Waals surface area contributed by atoms with Gasteiger partial charge in [0.15, 0.2) is 5.76 Å². The van der Waals surface area contributed by atoms with Gasteiger partial charge in [-0.25, -0.2) is 9.74 Å². The molecule has 0 saturated carbocycles. The first-order valence-corrected chi connectivity index (χ1v) is 4.76. The van der Waals surface area contributed by atoms with Gasteiger partial charge in [0.1, 0.15) is 11.3 Å². The molecular weight excluding hydrogens is 272 g/mol.